The number of unbranched alkanes of at least 4 members (excludes halogenated alkanes) is 1. The highest BCUT2D eigenvalue weighted by atomic mass is 16.4. The maximum Gasteiger partial charge on any atom is 0.326 e. The Hall–Kier alpha value is -1.58. The Balaban J connectivity index is 1.39. The molecule has 4 saturated carbocycles. The third-order valence-corrected chi connectivity index (χ3v) is 12.0. The predicted molar refractivity (Wildman–Crippen MR) is 146 cm³/mol. The maximum absolute atomic E-state index is 12.7. The van der Waals surface area contributed by atoms with Gasteiger partial charge in [-0.05, 0) is 117 Å². The molecule has 0 aromatic carbocycles. The van der Waals surface area contributed by atoms with E-state index in [0.717, 1.165) is 38.5 Å². The number of fused-ring (bicyclic) bond motifs is 5. The molecule has 0 spiro atoms. The lowest BCUT2D eigenvalue weighted by atomic mass is 9.43. The van der Waals surface area contributed by atoms with Crippen LogP contribution in [0, 0.1) is 51.2 Å². The lowest BCUT2D eigenvalue weighted by Crippen LogP contribution is -2.62. The van der Waals surface area contributed by atoms with E-state index in [0.29, 0.717) is 31.6 Å². The number of nitrogens with one attached hydrogen (secondary N) is 1. The van der Waals surface area contributed by atoms with Crippen molar-refractivity contribution in [2.75, 3.05) is 6.54 Å². The molecular formula is C30H50N2O7. The minimum absolute atomic E-state index is 0.0393. The Morgan fingerprint density at radius 2 is 1.74 bits per heavy atom. The zero-order valence-electron chi connectivity index (χ0n) is 23.9. The van der Waals surface area contributed by atoms with Gasteiger partial charge in [0.25, 0.3) is 0 Å². The molecule has 4 fully saturated rings. The molecule has 0 aliphatic heterocycles. The van der Waals surface area contributed by atoms with E-state index in [-0.39, 0.29) is 71.8 Å². The molecule has 1 amide bonds. The van der Waals surface area contributed by atoms with Crippen molar-refractivity contribution in [3.8, 4) is 0 Å². The van der Waals surface area contributed by atoms with Gasteiger partial charge in [0.1, 0.15) is 6.04 Å². The first kappa shape index (κ1) is 30.4. The summed E-state index contributed by atoms with van der Waals surface area (Å²) in [6, 6.07) is -0.969. The average molecular weight is 551 g/mol. The van der Waals surface area contributed by atoms with Crippen LogP contribution in [0.2, 0.25) is 0 Å². The summed E-state index contributed by atoms with van der Waals surface area (Å²) in [4.78, 5) is 34.5. The molecule has 222 valence electrons. The zero-order valence-corrected chi connectivity index (χ0v) is 23.9. The molecule has 0 aromatic heterocycles. The van der Waals surface area contributed by atoms with Crippen molar-refractivity contribution in [3.63, 3.8) is 0 Å². The molecule has 4 aliphatic carbocycles. The molecule has 39 heavy (non-hydrogen) atoms. The first-order valence-corrected chi connectivity index (χ1v) is 15.3. The number of carboxylic acids is 1. The summed E-state index contributed by atoms with van der Waals surface area (Å²) in [5.41, 5.74) is -0.288. The largest absolute Gasteiger partial charge is 0.480 e. The maximum atomic E-state index is 12.7. The topological polar surface area (TPSA) is 157 Å². The van der Waals surface area contributed by atoms with Crippen molar-refractivity contribution < 1.29 is 30.0 Å². The molecule has 4 aliphatic rings. The number of hydrogen-bond donors (Lipinski definition) is 5. The number of carbonyl (C=O) groups excluding carboxylic acids is 1. The van der Waals surface area contributed by atoms with Gasteiger partial charge in [-0.15, -0.1) is 0 Å². The first-order valence-electron chi connectivity index (χ1n) is 15.3. The molecule has 12 atom stereocenters. The van der Waals surface area contributed by atoms with E-state index in [1.54, 1.807) is 0 Å². The fourth-order valence-electron chi connectivity index (χ4n) is 9.74. The van der Waals surface area contributed by atoms with Crippen molar-refractivity contribution >= 4 is 11.9 Å². The van der Waals surface area contributed by atoms with E-state index in [1.807, 2.05) is 0 Å². The van der Waals surface area contributed by atoms with E-state index >= 15 is 0 Å². The Kier molecular flexibility index (Phi) is 9.44. The number of nitroso groups, excluding NO2 is 1. The van der Waals surface area contributed by atoms with Crippen LogP contribution in [0.1, 0.15) is 97.8 Å². The quantitative estimate of drug-likeness (QED) is 0.193. The molecule has 0 heterocycles. The highest BCUT2D eigenvalue weighted by molar-refractivity contribution is 5.83. The number of aliphatic hydroxyl groups is 3. The Labute approximate surface area is 232 Å². The third kappa shape index (κ3) is 5.78. The van der Waals surface area contributed by atoms with Crippen LogP contribution in [-0.2, 0) is 9.59 Å². The summed E-state index contributed by atoms with van der Waals surface area (Å²) < 4.78 is 0. The fourth-order valence-corrected chi connectivity index (χ4v) is 9.74. The van der Waals surface area contributed by atoms with Crippen molar-refractivity contribution in [2.45, 2.75) is 122 Å². The van der Waals surface area contributed by atoms with Gasteiger partial charge in [-0.2, -0.15) is 4.91 Å². The van der Waals surface area contributed by atoms with Crippen molar-refractivity contribution in [1.82, 2.24) is 5.32 Å². The van der Waals surface area contributed by atoms with Crippen molar-refractivity contribution in [3.05, 3.63) is 4.91 Å². The first-order chi connectivity index (χ1) is 18.4. The molecule has 0 radical (unpaired) electrons. The van der Waals surface area contributed by atoms with Gasteiger partial charge in [-0.1, -0.05) is 25.9 Å². The van der Waals surface area contributed by atoms with Gasteiger partial charge in [0.05, 0.1) is 24.9 Å². The number of rotatable bonds is 11. The molecule has 9 nitrogen and oxygen atoms in total. The number of carboxylic acid groups (broad SMARTS) is 1. The molecule has 5 N–H and O–H groups in total. The molecule has 0 bridgehead atoms. The standard InChI is InChI=1S/C30H50N2O7/c1-17(7-10-26(36)32-23(28(37)38)6-4-5-13-31-39)20-8-9-21-27-22(16-25(35)30(20,21)3)29(2)12-11-19(33)14-18(29)15-24(27)34/h17-25,27,33-35H,4-16H2,1-3H3,(H,32,36)(H,37,38)/t17-,18+,19-,20-,21+,22+,23+,24-,25+,27+,29+,30-/m1/s1. The average Bonchev–Trinajstić information content (AvgIpc) is 3.24. The van der Waals surface area contributed by atoms with Gasteiger partial charge in [0, 0.05) is 6.42 Å². The van der Waals surface area contributed by atoms with Crippen LogP contribution in [-0.4, -0.2) is 63.2 Å². The SMILES string of the molecule is C[C@H](CCC(=O)N[C@@H](CCCCN=O)C(=O)O)[C@H]1CC[C@H]2[C@@H]3[C@H](O)C[C@@H]4C[C@H](O)CC[C@]4(C)[C@H]3C[C@H](O)[C@]12C. The van der Waals surface area contributed by atoms with Gasteiger partial charge >= 0.3 is 5.97 Å². The van der Waals surface area contributed by atoms with Crippen LogP contribution < -0.4 is 5.32 Å². The van der Waals surface area contributed by atoms with E-state index in [9.17, 15) is 34.9 Å². The Bertz CT molecular complexity index is 901. The number of aliphatic hydroxyl groups excluding tert-OH is 3. The summed E-state index contributed by atoms with van der Waals surface area (Å²) in [5, 5.41) is 48.4. The highest BCUT2D eigenvalue weighted by Crippen LogP contribution is 2.68. The molecule has 0 unspecified atom stereocenters. The van der Waals surface area contributed by atoms with Crippen molar-refractivity contribution in [2.24, 2.45) is 51.5 Å². The number of amides is 1. The van der Waals surface area contributed by atoms with Gasteiger partial charge in [0.15, 0.2) is 0 Å². The van der Waals surface area contributed by atoms with Crippen LogP contribution in [0.15, 0.2) is 5.18 Å². The minimum Gasteiger partial charge on any atom is -0.480 e. The third-order valence-electron chi connectivity index (χ3n) is 12.0. The van der Waals surface area contributed by atoms with Gasteiger partial charge in [0.2, 0.25) is 5.91 Å². The number of nitrogens with zero attached hydrogens (tertiary/aromatic N) is 1. The number of carbonyl (C=O) groups is 2. The summed E-state index contributed by atoms with van der Waals surface area (Å²) in [5.74, 6) is -0.0349. The zero-order chi connectivity index (χ0) is 28.5. The minimum atomic E-state index is -1.07. The molecular weight excluding hydrogens is 500 g/mol. The molecule has 4 rings (SSSR count). The summed E-state index contributed by atoms with van der Waals surface area (Å²) in [6.45, 7) is 6.82. The second-order valence-corrected chi connectivity index (χ2v) is 13.8. The second kappa shape index (κ2) is 12.1. The lowest BCUT2D eigenvalue weighted by molar-refractivity contribution is -0.207. The monoisotopic (exact) mass is 550 g/mol. The van der Waals surface area contributed by atoms with Crippen LogP contribution in [0.3, 0.4) is 0 Å². The van der Waals surface area contributed by atoms with E-state index in [4.69, 9.17) is 0 Å². The lowest BCUT2D eigenvalue weighted by Gasteiger charge is -2.63. The van der Waals surface area contributed by atoms with E-state index < -0.39 is 24.2 Å². The van der Waals surface area contributed by atoms with Crippen LogP contribution >= 0.6 is 0 Å². The molecule has 0 saturated heterocycles. The highest BCUT2D eigenvalue weighted by Gasteiger charge is 2.65. The van der Waals surface area contributed by atoms with Crippen LogP contribution in [0.25, 0.3) is 0 Å². The van der Waals surface area contributed by atoms with E-state index in [2.05, 4.69) is 31.3 Å². The number of aliphatic carboxylic acids is 1. The van der Waals surface area contributed by atoms with Crippen LogP contribution in [0.4, 0.5) is 0 Å². The van der Waals surface area contributed by atoms with E-state index in [1.165, 1.54) is 0 Å². The van der Waals surface area contributed by atoms with Gasteiger partial charge < -0.3 is 25.7 Å². The Morgan fingerprint density at radius 3 is 2.44 bits per heavy atom. The van der Waals surface area contributed by atoms with Crippen molar-refractivity contribution in [1.29, 1.82) is 0 Å². The smallest absolute Gasteiger partial charge is 0.326 e. The Morgan fingerprint density at radius 1 is 1.00 bits per heavy atom. The molecule has 9 heteroatoms. The van der Waals surface area contributed by atoms with Gasteiger partial charge in [-0.3, -0.25) is 4.79 Å². The predicted octanol–water partition coefficient (Wildman–Crippen LogP) is 3.87. The van der Waals surface area contributed by atoms with Crippen LogP contribution in [0.5, 0.6) is 0 Å². The fraction of sp³-hybridized carbons (Fsp3) is 0.933. The summed E-state index contributed by atoms with van der Waals surface area (Å²) >= 11 is 0. The summed E-state index contributed by atoms with van der Waals surface area (Å²) in [7, 11) is 0. The normalized spacial score (nSPS) is 42.9. The van der Waals surface area contributed by atoms with Gasteiger partial charge in [-0.25, -0.2) is 4.79 Å². The number of hydrogen-bond acceptors (Lipinski definition) is 7. The second-order valence-electron chi connectivity index (χ2n) is 13.8. The molecule has 0 aromatic rings. The summed E-state index contributed by atoms with van der Waals surface area (Å²) in [6.07, 6.45) is 6.77.